The predicted molar refractivity (Wildman–Crippen MR) is 81.9 cm³/mol. The van der Waals surface area contributed by atoms with E-state index in [4.69, 9.17) is 0 Å². The number of aryl methyl sites for hydroxylation is 1. The molecule has 3 heterocycles. The highest BCUT2D eigenvalue weighted by molar-refractivity contribution is 5.46. The van der Waals surface area contributed by atoms with E-state index in [1.165, 1.54) is 24.1 Å². The summed E-state index contributed by atoms with van der Waals surface area (Å²) in [6.07, 6.45) is 9.44. The first-order valence-corrected chi connectivity index (χ1v) is 7.38. The van der Waals surface area contributed by atoms with E-state index in [0.29, 0.717) is 0 Å². The van der Waals surface area contributed by atoms with Crippen LogP contribution in [0.5, 0.6) is 0 Å². The van der Waals surface area contributed by atoms with Crippen LogP contribution in [0.2, 0.25) is 0 Å². The first-order valence-electron chi connectivity index (χ1n) is 7.38. The van der Waals surface area contributed by atoms with Crippen molar-refractivity contribution < 1.29 is 0 Å². The zero-order valence-corrected chi connectivity index (χ0v) is 12.0. The van der Waals surface area contributed by atoms with Gasteiger partial charge in [-0.2, -0.15) is 0 Å². The molecular formula is C17H21N3. The predicted octanol–water partition coefficient (Wildman–Crippen LogP) is 3.24. The summed E-state index contributed by atoms with van der Waals surface area (Å²) in [5.74, 6) is 0.790. The Morgan fingerprint density at radius 1 is 1.20 bits per heavy atom. The van der Waals surface area contributed by atoms with E-state index in [0.717, 1.165) is 31.1 Å². The molecule has 1 aliphatic rings. The minimum atomic E-state index is 0.790. The topological polar surface area (TPSA) is 29.0 Å². The number of rotatable bonds is 3. The molecular weight excluding hydrogens is 246 g/mol. The molecule has 3 nitrogen and oxygen atoms in total. The van der Waals surface area contributed by atoms with Gasteiger partial charge in [0.05, 0.1) is 0 Å². The molecule has 1 aliphatic heterocycles. The summed E-state index contributed by atoms with van der Waals surface area (Å²) in [6, 6.07) is 8.52. The van der Waals surface area contributed by atoms with Crippen molar-refractivity contribution in [3.8, 4) is 0 Å². The zero-order chi connectivity index (χ0) is 13.8. The Morgan fingerprint density at radius 3 is 2.75 bits per heavy atom. The van der Waals surface area contributed by atoms with Crippen LogP contribution < -0.4 is 4.90 Å². The Balaban J connectivity index is 1.57. The third-order valence-electron chi connectivity index (χ3n) is 4.11. The van der Waals surface area contributed by atoms with Crippen molar-refractivity contribution in [3.63, 3.8) is 0 Å². The average Bonchev–Trinajstić information content (AvgIpc) is 2.49. The maximum absolute atomic E-state index is 4.27. The van der Waals surface area contributed by atoms with Gasteiger partial charge in [-0.15, -0.1) is 0 Å². The van der Waals surface area contributed by atoms with Gasteiger partial charge in [-0.3, -0.25) is 9.97 Å². The summed E-state index contributed by atoms with van der Waals surface area (Å²) >= 11 is 0. The number of anilines is 1. The van der Waals surface area contributed by atoms with E-state index in [1.807, 2.05) is 24.7 Å². The lowest BCUT2D eigenvalue weighted by atomic mass is 9.90. The Bertz CT molecular complexity index is 545. The number of hydrogen-bond donors (Lipinski definition) is 0. The van der Waals surface area contributed by atoms with Gasteiger partial charge >= 0.3 is 0 Å². The standard InChI is InChI=1S/C17H21N3/c1-14-11-17(4-8-19-14)20-9-5-15(6-10-20)12-16-3-2-7-18-13-16/h2-4,7-8,11,13,15H,5-6,9-10,12H2,1H3. The van der Waals surface area contributed by atoms with Crippen LogP contribution in [0.3, 0.4) is 0 Å². The molecule has 0 amide bonds. The Labute approximate surface area is 120 Å². The SMILES string of the molecule is Cc1cc(N2CCC(Cc3cccnc3)CC2)ccn1. The third kappa shape index (κ3) is 3.16. The summed E-state index contributed by atoms with van der Waals surface area (Å²) in [5, 5.41) is 0. The molecule has 0 atom stereocenters. The van der Waals surface area contributed by atoms with E-state index in [2.05, 4.69) is 40.0 Å². The van der Waals surface area contributed by atoms with E-state index in [9.17, 15) is 0 Å². The Hall–Kier alpha value is -1.90. The number of hydrogen-bond acceptors (Lipinski definition) is 3. The first kappa shape index (κ1) is 13.1. The second-order valence-electron chi connectivity index (χ2n) is 5.65. The molecule has 0 aromatic carbocycles. The monoisotopic (exact) mass is 267 g/mol. The normalized spacial score (nSPS) is 16.4. The lowest BCUT2D eigenvalue weighted by Crippen LogP contribution is -2.34. The maximum atomic E-state index is 4.27. The number of aromatic nitrogens is 2. The molecule has 3 rings (SSSR count). The van der Waals surface area contributed by atoms with Crippen molar-refractivity contribution in [2.45, 2.75) is 26.2 Å². The molecule has 0 spiro atoms. The van der Waals surface area contributed by atoms with Crippen LogP contribution in [0.4, 0.5) is 5.69 Å². The third-order valence-corrected chi connectivity index (χ3v) is 4.11. The average molecular weight is 267 g/mol. The van der Waals surface area contributed by atoms with Gasteiger partial charge in [0.25, 0.3) is 0 Å². The summed E-state index contributed by atoms with van der Waals surface area (Å²) < 4.78 is 0. The van der Waals surface area contributed by atoms with E-state index >= 15 is 0 Å². The molecule has 1 fully saturated rings. The molecule has 0 radical (unpaired) electrons. The van der Waals surface area contributed by atoms with Crippen molar-refractivity contribution in [3.05, 3.63) is 54.1 Å². The molecule has 0 saturated carbocycles. The van der Waals surface area contributed by atoms with Gasteiger partial charge in [-0.1, -0.05) is 6.07 Å². The summed E-state index contributed by atoms with van der Waals surface area (Å²) in [7, 11) is 0. The quantitative estimate of drug-likeness (QED) is 0.855. The van der Waals surface area contributed by atoms with Gasteiger partial charge in [0.15, 0.2) is 0 Å². The Kier molecular flexibility index (Phi) is 3.95. The highest BCUT2D eigenvalue weighted by Crippen LogP contribution is 2.25. The molecule has 0 unspecified atom stereocenters. The zero-order valence-electron chi connectivity index (χ0n) is 12.0. The first-order chi connectivity index (χ1) is 9.81. The second kappa shape index (κ2) is 6.04. The van der Waals surface area contributed by atoms with Crippen molar-refractivity contribution in [1.29, 1.82) is 0 Å². The van der Waals surface area contributed by atoms with Crippen LogP contribution in [-0.4, -0.2) is 23.1 Å². The minimum Gasteiger partial charge on any atom is -0.371 e. The number of pyridine rings is 2. The van der Waals surface area contributed by atoms with Crippen LogP contribution in [0.25, 0.3) is 0 Å². The molecule has 2 aromatic rings. The highest BCUT2D eigenvalue weighted by atomic mass is 15.1. The van der Waals surface area contributed by atoms with Crippen LogP contribution in [0.1, 0.15) is 24.1 Å². The molecule has 0 N–H and O–H groups in total. The maximum Gasteiger partial charge on any atom is 0.0399 e. The smallest absolute Gasteiger partial charge is 0.0399 e. The fraction of sp³-hybridized carbons (Fsp3) is 0.412. The minimum absolute atomic E-state index is 0.790. The molecule has 3 heteroatoms. The van der Waals surface area contributed by atoms with Gasteiger partial charge in [0, 0.05) is 43.1 Å². The van der Waals surface area contributed by atoms with Crippen LogP contribution in [0, 0.1) is 12.8 Å². The van der Waals surface area contributed by atoms with E-state index in [-0.39, 0.29) is 0 Å². The van der Waals surface area contributed by atoms with Crippen molar-refractivity contribution in [2.24, 2.45) is 5.92 Å². The lowest BCUT2D eigenvalue weighted by Gasteiger charge is -2.33. The molecule has 1 saturated heterocycles. The molecule has 104 valence electrons. The molecule has 20 heavy (non-hydrogen) atoms. The van der Waals surface area contributed by atoms with Gasteiger partial charge < -0.3 is 4.90 Å². The number of nitrogens with zero attached hydrogens (tertiary/aromatic N) is 3. The van der Waals surface area contributed by atoms with Crippen LogP contribution in [-0.2, 0) is 6.42 Å². The van der Waals surface area contributed by atoms with Crippen LogP contribution in [0.15, 0.2) is 42.9 Å². The molecule has 0 aliphatic carbocycles. The summed E-state index contributed by atoms with van der Waals surface area (Å²) in [5.41, 5.74) is 3.78. The lowest BCUT2D eigenvalue weighted by molar-refractivity contribution is 0.403. The second-order valence-corrected chi connectivity index (χ2v) is 5.65. The van der Waals surface area contributed by atoms with E-state index < -0.39 is 0 Å². The highest BCUT2D eigenvalue weighted by Gasteiger charge is 2.19. The fourth-order valence-electron chi connectivity index (χ4n) is 2.97. The summed E-state index contributed by atoms with van der Waals surface area (Å²) in [4.78, 5) is 11.0. The van der Waals surface area contributed by atoms with Crippen molar-refractivity contribution in [1.82, 2.24) is 9.97 Å². The van der Waals surface area contributed by atoms with E-state index in [1.54, 1.807) is 0 Å². The van der Waals surface area contributed by atoms with Crippen molar-refractivity contribution in [2.75, 3.05) is 18.0 Å². The van der Waals surface area contributed by atoms with Crippen molar-refractivity contribution >= 4 is 5.69 Å². The van der Waals surface area contributed by atoms with Gasteiger partial charge in [0.1, 0.15) is 0 Å². The number of piperidine rings is 1. The van der Waals surface area contributed by atoms with Crippen LogP contribution >= 0.6 is 0 Å². The molecule has 2 aromatic heterocycles. The summed E-state index contributed by atoms with van der Waals surface area (Å²) in [6.45, 7) is 4.35. The fourth-order valence-corrected chi connectivity index (χ4v) is 2.97. The molecule has 0 bridgehead atoms. The Morgan fingerprint density at radius 2 is 2.05 bits per heavy atom. The largest absolute Gasteiger partial charge is 0.371 e. The van der Waals surface area contributed by atoms with Gasteiger partial charge in [0.2, 0.25) is 0 Å². The van der Waals surface area contributed by atoms with Gasteiger partial charge in [-0.25, -0.2) is 0 Å². The van der Waals surface area contributed by atoms with Gasteiger partial charge in [-0.05, 0) is 55.9 Å².